The number of benzene rings is 2. The van der Waals surface area contributed by atoms with Crippen LogP contribution in [0.2, 0.25) is 0 Å². The molecule has 1 aliphatic rings. The summed E-state index contributed by atoms with van der Waals surface area (Å²) in [6.07, 6.45) is 0.854. The largest absolute Gasteiger partial charge is 0.365 e. The molecule has 5 nitrogen and oxygen atoms in total. The van der Waals surface area contributed by atoms with Gasteiger partial charge in [-0.15, -0.1) is 0 Å². The Morgan fingerprint density at radius 3 is 2.73 bits per heavy atom. The maximum atomic E-state index is 13.6. The van der Waals surface area contributed by atoms with Gasteiger partial charge in [-0.2, -0.15) is 0 Å². The third kappa shape index (κ3) is 2.69. The van der Waals surface area contributed by atoms with Gasteiger partial charge in [-0.3, -0.25) is 4.79 Å². The van der Waals surface area contributed by atoms with Gasteiger partial charge in [0, 0.05) is 17.8 Å². The zero-order valence-corrected chi connectivity index (χ0v) is 14.2. The standard InChI is InChI=1S/C20H17FN4O/c1-12-17(18(22)26)20(25-10-9-13-5-2-3-8-16(13)25)24-19(23-12)14-6-4-7-15(21)11-14/h2-8,11H,9-10H2,1H3,(H2,22,26). The van der Waals surface area contributed by atoms with Gasteiger partial charge in [-0.05, 0) is 37.1 Å². The van der Waals surface area contributed by atoms with E-state index >= 15 is 0 Å². The molecule has 3 aromatic rings. The number of amides is 1. The van der Waals surface area contributed by atoms with Crippen molar-refractivity contribution in [1.82, 2.24) is 9.97 Å². The molecule has 0 saturated carbocycles. The molecule has 0 atom stereocenters. The number of carbonyl (C=O) groups is 1. The molecular formula is C20H17FN4O. The van der Waals surface area contributed by atoms with Crippen LogP contribution in [0.25, 0.3) is 11.4 Å². The lowest BCUT2D eigenvalue weighted by molar-refractivity contribution is 0.0999. The molecule has 2 N–H and O–H groups in total. The normalized spacial score (nSPS) is 12.9. The van der Waals surface area contributed by atoms with Crippen molar-refractivity contribution in [2.45, 2.75) is 13.3 Å². The lowest BCUT2D eigenvalue weighted by Crippen LogP contribution is -2.24. The second kappa shape index (κ2) is 6.22. The number of rotatable bonds is 3. The first-order chi connectivity index (χ1) is 12.5. The topological polar surface area (TPSA) is 72.1 Å². The zero-order valence-electron chi connectivity index (χ0n) is 14.2. The number of fused-ring (bicyclic) bond motifs is 1. The Morgan fingerprint density at radius 1 is 1.15 bits per heavy atom. The molecule has 0 bridgehead atoms. The number of primary amides is 1. The quantitative estimate of drug-likeness (QED) is 0.787. The molecule has 1 amide bonds. The SMILES string of the molecule is Cc1nc(-c2cccc(F)c2)nc(N2CCc3ccccc32)c1C(N)=O. The van der Waals surface area contributed by atoms with E-state index in [1.807, 2.05) is 23.1 Å². The summed E-state index contributed by atoms with van der Waals surface area (Å²) in [5.41, 5.74) is 9.12. The number of nitrogens with two attached hydrogens (primary N) is 1. The van der Waals surface area contributed by atoms with Gasteiger partial charge in [0.2, 0.25) is 0 Å². The van der Waals surface area contributed by atoms with E-state index in [2.05, 4.69) is 16.0 Å². The van der Waals surface area contributed by atoms with Crippen molar-refractivity contribution in [3.05, 3.63) is 71.2 Å². The molecule has 0 unspecified atom stereocenters. The van der Waals surface area contributed by atoms with E-state index in [1.54, 1.807) is 19.1 Å². The Bertz CT molecular complexity index is 1020. The highest BCUT2D eigenvalue weighted by molar-refractivity contribution is 6.00. The number of anilines is 2. The van der Waals surface area contributed by atoms with Gasteiger partial charge in [-0.25, -0.2) is 14.4 Å². The molecule has 1 aliphatic heterocycles. The van der Waals surface area contributed by atoms with E-state index in [0.717, 1.165) is 12.1 Å². The minimum atomic E-state index is -0.576. The predicted octanol–water partition coefficient (Wildman–Crippen LogP) is 3.38. The first kappa shape index (κ1) is 16.2. The van der Waals surface area contributed by atoms with Crippen molar-refractivity contribution in [2.24, 2.45) is 5.73 Å². The lowest BCUT2D eigenvalue weighted by Gasteiger charge is -2.22. The summed E-state index contributed by atoms with van der Waals surface area (Å²) < 4.78 is 13.6. The van der Waals surface area contributed by atoms with Crippen LogP contribution >= 0.6 is 0 Å². The van der Waals surface area contributed by atoms with Gasteiger partial charge < -0.3 is 10.6 Å². The van der Waals surface area contributed by atoms with Gasteiger partial charge in [0.1, 0.15) is 17.2 Å². The third-order valence-corrected chi connectivity index (χ3v) is 4.54. The number of halogens is 1. The van der Waals surface area contributed by atoms with Crippen molar-refractivity contribution < 1.29 is 9.18 Å². The molecule has 1 aromatic heterocycles. The van der Waals surface area contributed by atoms with E-state index in [-0.39, 0.29) is 5.82 Å². The van der Waals surface area contributed by atoms with Crippen molar-refractivity contribution in [3.63, 3.8) is 0 Å². The molecule has 0 saturated heterocycles. The van der Waals surface area contributed by atoms with Crippen LogP contribution in [-0.2, 0) is 6.42 Å². The number of aryl methyl sites for hydroxylation is 1. The minimum absolute atomic E-state index is 0.293. The third-order valence-electron chi connectivity index (χ3n) is 4.54. The van der Waals surface area contributed by atoms with Gasteiger partial charge >= 0.3 is 0 Å². The first-order valence-corrected chi connectivity index (χ1v) is 8.34. The number of aromatic nitrogens is 2. The Labute approximate surface area is 150 Å². The Morgan fingerprint density at radius 2 is 1.96 bits per heavy atom. The molecule has 26 heavy (non-hydrogen) atoms. The second-order valence-electron chi connectivity index (χ2n) is 6.24. The van der Waals surface area contributed by atoms with Crippen molar-refractivity contribution in [1.29, 1.82) is 0 Å². The molecule has 0 radical (unpaired) electrons. The highest BCUT2D eigenvalue weighted by Crippen LogP contribution is 2.36. The minimum Gasteiger partial charge on any atom is -0.365 e. The van der Waals surface area contributed by atoms with Crippen LogP contribution in [-0.4, -0.2) is 22.4 Å². The fourth-order valence-corrected chi connectivity index (χ4v) is 3.36. The van der Waals surface area contributed by atoms with Gasteiger partial charge in [-0.1, -0.05) is 30.3 Å². The summed E-state index contributed by atoms with van der Waals surface area (Å²) in [5, 5.41) is 0. The molecule has 2 aromatic carbocycles. The zero-order chi connectivity index (χ0) is 18.3. The number of hydrogen-bond donors (Lipinski definition) is 1. The van der Waals surface area contributed by atoms with Gasteiger partial charge in [0.25, 0.3) is 5.91 Å². The Balaban J connectivity index is 1.91. The van der Waals surface area contributed by atoms with Gasteiger partial charge in [0.05, 0.1) is 5.69 Å². The molecule has 2 heterocycles. The summed E-state index contributed by atoms with van der Waals surface area (Å²) in [6, 6.07) is 14.1. The summed E-state index contributed by atoms with van der Waals surface area (Å²) in [5.74, 6) is -0.107. The number of carbonyl (C=O) groups excluding carboxylic acids is 1. The van der Waals surface area contributed by atoms with Crippen LogP contribution in [0.3, 0.4) is 0 Å². The van der Waals surface area contributed by atoms with Crippen LogP contribution < -0.4 is 10.6 Å². The highest BCUT2D eigenvalue weighted by atomic mass is 19.1. The summed E-state index contributed by atoms with van der Waals surface area (Å²) >= 11 is 0. The maximum Gasteiger partial charge on any atom is 0.254 e. The van der Waals surface area contributed by atoms with Crippen LogP contribution in [0, 0.1) is 12.7 Å². The van der Waals surface area contributed by atoms with Crippen LogP contribution in [0.5, 0.6) is 0 Å². The summed E-state index contributed by atoms with van der Waals surface area (Å²) in [4.78, 5) is 23.0. The maximum absolute atomic E-state index is 13.6. The van der Waals surface area contributed by atoms with Crippen molar-refractivity contribution >= 4 is 17.4 Å². The molecule has 4 rings (SSSR count). The number of para-hydroxylation sites is 1. The highest BCUT2D eigenvalue weighted by Gasteiger charge is 2.27. The number of hydrogen-bond acceptors (Lipinski definition) is 4. The molecule has 6 heteroatoms. The molecule has 0 spiro atoms. The monoisotopic (exact) mass is 348 g/mol. The average molecular weight is 348 g/mol. The van der Waals surface area contributed by atoms with Crippen LogP contribution in [0.4, 0.5) is 15.9 Å². The fraction of sp³-hybridized carbons (Fsp3) is 0.150. The molecule has 130 valence electrons. The number of nitrogens with zero attached hydrogens (tertiary/aromatic N) is 3. The lowest BCUT2D eigenvalue weighted by atomic mass is 10.1. The second-order valence-corrected chi connectivity index (χ2v) is 6.24. The Kier molecular flexibility index (Phi) is 3.88. The summed E-state index contributed by atoms with van der Waals surface area (Å²) in [6.45, 7) is 2.41. The van der Waals surface area contributed by atoms with Crippen molar-refractivity contribution in [3.8, 4) is 11.4 Å². The fourth-order valence-electron chi connectivity index (χ4n) is 3.36. The van der Waals surface area contributed by atoms with E-state index in [4.69, 9.17) is 5.73 Å². The predicted molar refractivity (Wildman–Crippen MR) is 97.8 cm³/mol. The van der Waals surface area contributed by atoms with Crippen molar-refractivity contribution in [2.75, 3.05) is 11.4 Å². The smallest absolute Gasteiger partial charge is 0.254 e. The molecule has 0 fully saturated rings. The molecule has 0 aliphatic carbocycles. The van der Waals surface area contributed by atoms with E-state index in [0.29, 0.717) is 35.0 Å². The van der Waals surface area contributed by atoms with Crippen LogP contribution in [0.15, 0.2) is 48.5 Å². The van der Waals surface area contributed by atoms with E-state index < -0.39 is 5.91 Å². The van der Waals surface area contributed by atoms with E-state index in [9.17, 15) is 9.18 Å². The first-order valence-electron chi connectivity index (χ1n) is 8.34. The van der Waals surface area contributed by atoms with Gasteiger partial charge in [0.15, 0.2) is 5.82 Å². The Hall–Kier alpha value is -3.28. The summed E-state index contributed by atoms with van der Waals surface area (Å²) in [7, 11) is 0. The van der Waals surface area contributed by atoms with Crippen LogP contribution in [0.1, 0.15) is 21.6 Å². The average Bonchev–Trinajstić information content (AvgIpc) is 3.04. The van der Waals surface area contributed by atoms with E-state index in [1.165, 1.54) is 17.7 Å². The molecular weight excluding hydrogens is 331 g/mol.